The van der Waals surface area contributed by atoms with E-state index in [0.717, 1.165) is 48.3 Å². The zero-order chi connectivity index (χ0) is 19.3. The van der Waals surface area contributed by atoms with Gasteiger partial charge in [-0.05, 0) is 32.4 Å². The summed E-state index contributed by atoms with van der Waals surface area (Å²) < 4.78 is 1.54. The molecule has 0 spiro atoms. The van der Waals surface area contributed by atoms with Gasteiger partial charge in [0.1, 0.15) is 0 Å². The maximum absolute atomic E-state index is 11.9. The highest BCUT2D eigenvalue weighted by atomic mass is 16.1. The van der Waals surface area contributed by atoms with E-state index in [0.29, 0.717) is 12.6 Å². The van der Waals surface area contributed by atoms with E-state index in [-0.39, 0.29) is 5.56 Å². The predicted octanol–water partition coefficient (Wildman–Crippen LogP) is 2.46. The van der Waals surface area contributed by atoms with Crippen molar-refractivity contribution in [2.24, 2.45) is 0 Å². The van der Waals surface area contributed by atoms with Crippen molar-refractivity contribution in [2.45, 2.75) is 38.8 Å². The molecule has 1 atom stereocenters. The van der Waals surface area contributed by atoms with Gasteiger partial charge in [0.25, 0.3) is 5.56 Å². The summed E-state index contributed by atoms with van der Waals surface area (Å²) in [5, 5.41) is 18.6. The number of nitrogens with one attached hydrogen (secondary N) is 1. The van der Waals surface area contributed by atoms with Crippen LogP contribution in [-0.4, -0.2) is 50.6 Å². The van der Waals surface area contributed by atoms with Crippen LogP contribution in [0.15, 0.2) is 47.4 Å². The smallest absolute Gasteiger partial charge is 0.266 e. The molecule has 28 heavy (non-hydrogen) atoms. The number of piperidine rings is 1. The standard InChI is InChI=1S/C21H26N6O/c1-16-18-8-2-3-9-19(18)21(25-24-16)22-15-17-7-4-5-12-26(17)13-14-27-20(28)10-6-11-23-27/h2-3,6,8-11,17H,4-5,7,12-15H2,1H3,(H,22,25). The number of nitrogens with zero attached hydrogens (tertiary/aromatic N) is 5. The Kier molecular flexibility index (Phi) is 5.62. The minimum absolute atomic E-state index is 0.0458. The molecule has 0 amide bonds. The lowest BCUT2D eigenvalue weighted by atomic mass is 10.0. The molecule has 3 heterocycles. The number of rotatable bonds is 6. The van der Waals surface area contributed by atoms with Gasteiger partial charge in [-0.1, -0.05) is 30.7 Å². The normalized spacial score (nSPS) is 17.7. The maximum atomic E-state index is 11.9. The summed E-state index contributed by atoms with van der Waals surface area (Å²) in [5.74, 6) is 0.840. The number of hydrogen-bond donors (Lipinski definition) is 1. The quantitative estimate of drug-likeness (QED) is 0.710. The Labute approximate surface area is 164 Å². The first kappa shape index (κ1) is 18.6. The summed E-state index contributed by atoms with van der Waals surface area (Å²) in [6.45, 7) is 5.29. The number of hydrogen-bond acceptors (Lipinski definition) is 6. The van der Waals surface area contributed by atoms with Gasteiger partial charge < -0.3 is 5.32 Å². The van der Waals surface area contributed by atoms with Gasteiger partial charge in [0.15, 0.2) is 5.82 Å². The molecule has 1 saturated heterocycles. The van der Waals surface area contributed by atoms with Gasteiger partial charge >= 0.3 is 0 Å². The summed E-state index contributed by atoms with van der Waals surface area (Å²) in [4.78, 5) is 14.4. The molecule has 0 radical (unpaired) electrons. The largest absolute Gasteiger partial charge is 0.366 e. The summed E-state index contributed by atoms with van der Waals surface area (Å²) in [7, 11) is 0. The van der Waals surface area contributed by atoms with E-state index in [1.165, 1.54) is 17.5 Å². The number of likely N-dealkylation sites (tertiary alicyclic amines) is 1. The molecule has 1 aliphatic heterocycles. The van der Waals surface area contributed by atoms with Crippen molar-refractivity contribution in [3.8, 4) is 0 Å². The molecule has 1 unspecified atom stereocenters. The van der Waals surface area contributed by atoms with Crippen molar-refractivity contribution in [1.82, 2.24) is 24.9 Å². The monoisotopic (exact) mass is 378 g/mol. The number of aryl methyl sites for hydroxylation is 1. The van der Waals surface area contributed by atoms with Gasteiger partial charge in [0, 0.05) is 42.2 Å². The zero-order valence-corrected chi connectivity index (χ0v) is 16.2. The summed E-state index contributed by atoms with van der Waals surface area (Å²) in [6, 6.07) is 11.9. The average Bonchev–Trinajstić information content (AvgIpc) is 2.74. The van der Waals surface area contributed by atoms with E-state index in [2.05, 4.69) is 37.6 Å². The van der Waals surface area contributed by atoms with E-state index < -0.39 is 0 Å². The lowest BCUT2D eigenvalue weighted by Gasteiger charge is -2.35. The molecule has 3 aromatic rings. The molecular weight excluding hydrogens is 352 g/mol. The fraction of sp³-hybridized carbons (Fsp3) is 0.429. The van der Waals surface area contributed by atoms with Gasteiger partial charge in [-0.2, -0.15) is 10.2 Å². The first-order valence-corrected chi connectivity index (χ1v) is 9.94. The number of aromatic nitrogens is 4. The first-order chi connectivity index (χ1) is 13.7. The van der Waals surface area contributed by atoms with Crippen LogP contribution in [0.3, 0.4) is 0 Å². The predicted molar refractivity (Wildman–Crippen MR) is 110 cm³/mol. The molecular formula is C21H26N6O. The highest BCUT2D eigenvalue weighted by molar-refractivity contribution is 5.92. The Balaban J connectivity index is 1.44. The fourth-order valence-electron chi connectivity index (χ4n) is 3.95. The van der Waals surface area contributed by atoms with Crippen LogP contribution in [0.1, 0.15) is 25.0 Å². The van der Waals surface area contributed by atoms with E-state index in [4.69, 9.17) is 0 Å². The lowest BCUT2D eigenvalue weighted by molar-refractivity contribution is 0.148. The van der Waals surface area contributed by atoms with Gasteiger partial charge in [-0.3, -0.25) is 9.69 Å². The van der Waals surface area contributed by atoms with Crippen LogP contribution in [0, 0.1) is 6.92 Å². The second-order valence-corrected chi connectivity index (χ2v) is 7.33. The number of fused-ring (bicyclic) bond motifs is 1. The molecule has 1 aliphatic rings. The second-order valence-electron chi connectivity index (χ2n) is 7.33. The third-order valence-electron chi connectivity index (χ3n) is 5.51. The van der Waals surface area contributed by atoms with Crippen molar-refractivity contribution in [1.29, 1.82) is 0 Å². The van der Waals surface area contributed by atoms with Crippen LogP contribution in [0.2, 0.25) is 0 Å². The van der Waals surface area contributed by atoms with Crippen molar-refractivity contribution in [3.63, 3.8) is 0 Å². The molecule has 4 rings (SSSR count). The molecule has 1 aromatic carbocycles. The Morgan fingerprint density at radius 1 is 1.07 bits per heavy atom. The highest BCUT2D eigenvalue weighted by Gasteiger charge is 2.22. The van der Waals surface area contributed by atoms with E-state index in [1.807, 2.05) is 19.1 Å². The Hall–Kier alpha value is -2.80. The Morgan fingerprint density at radius 2 is 1.93 bits per heavy atom. The minimum Gasteiger partial charge on any atom is -0.366 e. The van der Waals surface area contributed by atoms with Crippen LogP contribution in [-0.2, 0) is 6.54 Å². The number of benzene rings is 1. The summed E-state index contributed by atoms with van der Waals surface area (Å²) in [5.41, 5.74) is 0.900. The third-order valence-corrected chi connectivity index (χ3v) is 5.51. The maximum Gasteiger partial charge on any atom is 0.266 e. The summed E-state index contributed by atoms with van der Waals surface area (Å²) in [6.07, 6.45) is 5.23. The number of anilines is 1. The summed E-state index contributed by atoms with van der Waals surface area (Å²) >= 11 is 0. The molecule has 7 heteroatoms. The van der Waals surface area contributed by atoms with Crippen LogP contribution in [0.4, 0.5) is 5.82 Å². The first-order valence-electron chi connectivity index (χ1n) is 9.94. The van der Waals surface area contributed by atoms with Crippen LogP contribution < -0.4 is 10.9 Å². The van der Waals surface area contributed by atoms with Crippen molar-refractivity contribution in [3.05, 3.63) is 58.6 Å². The minimum atomic E-state index is -0.0458. The SMILES string of the molecule is Cc1nnc(NCC2CCCCN2CCn2ncccc2=O)c2ccccc12. The van der Waals surface area contributed by atoms with Crippen LogP contribution in [0.25, 0.3) is 10.8 Å². The van der Waals surface area contributed by atoms with Crippen LogP contribution >= 0.6 is 0 Å². The second kappa shape index (κ2) is 8.48. The molecule has 1 fully saturated rings. The Bertz CT molecular complexity index is 1000. The van der Waals surface area contributed by atoms with Crippen LogP contribution in [0.5, 0.6) is 0 Å². The molecule has 0 saturated carbocycles. The molecule has 0 aliphatic carbocycles. The molecule has 146 valence electrons. The van der Waals surface area contributed by atoms with Crippen molar-refractivity contribution >= 4 is 16.6 Å². The molecule has 2 aromatic heterocycles. The molecule has 0 bridgehead atoms. The Morgan fingerprint density at radius 3 is 2.79 bits per heavy atom. The van der Waals surface area contributed by atoms with Gasteiger partial charge in [0.05, 0.1) is 12.2 Å². The fourth-order valence-corrected chi connectivity index (χ4v) is 3.95. The topological polar surface area (TPSA) is 75.9 Å². The zero-order valence-electron chi connectivity index (χ0n) is 16.2. The van der Waals surface area contributed by atoms with E-state index >= 15 is 0 Å². The molecule has 7 nitrogen and oxygen atoms in total. The van der Waals surface area contributed by atoms with Gasteiger partial charge in [-0.15, -0.1) is 5.10 Å². The van der Waals surface area contributed by atoms with Crippen molar-refractivity contribution in [2.75, 3.05) is 25.0 Å². The van der Waals surface area contributed by atoms with Gasteiger partial charge in [-0.25, -0.2) is 4.68 Å². The van der Waals surface area contributed by atoms with E-state index in [9.17, 15) is 4.79 Å². The molecule has 1 N–H and O–H groups in total. The van der Waals surface area contributed by atoms with Crippen molar-refractivity contribution < 1.29 is 0 Å². The van der Waals surface area contributed by atoms with E-state index in [1.54, 1.807) is 18.3 Å². The highest BCUT2D eigenvalue weighted by Crippen LogP contribution is 2.23. The average molecular weight is 378 g/mol. The third kappa shape index (κ3) is 4.04. The van der Waals surface area contributed by atoms with Gasteiger partial charge in [0.2, 0.25) is 0 Å². The lowest BCUT2D eigenvalue weighted by Crippen LogP contribution is -2.45.